The molecule has 0 atom stereocenters. The van der Waals surface area contributed by atoms with Gasteiger partial charge in [-0.1, -0.05) is 0 Å². The molecule has 2 N–H and O–H groups in total. The third-order valence-electron chi connectivity index (χ3n) is 3.89. The van der Waals surface area contributed by atoms with E-state index in [1.165, 1.54) is 12.8 Å². The Morgan fingerprint density at radius 1 is 1.41 bits per heavy atom. The van der Waals surface area contributed by atoms with Gasteiger partial charge in [-0.3, -0.25) is 4.79 Å². The molecule has 2 heterocycles. The van der Waals surface area contributed by atoms with Crippen molar-refractivity contribution in [2.24, 2.45) is 5.92 Å². The summed E-state index contributed by atoms with van der Waals surface area (Å²) in [6.45, 7) is 6.79. The van der Waals surface area contributed by atoms with Gasteiger partial charge in [0.05, 0.1) is 6.54 Å². The van der Waals surface area contributed by atoms with Crippen molar-refractivity contribution in [3.8, 4) is 0 Å². The third kappa shape index (κ3) is 6.50. The summed E-state index contributed by atoms with van der Waals surface area (Å²) in [5.74, 6) is 1.62. The van der Waals surface area contributed by atoms with Crippen LogP contribution in [0.5, 0.6) is 0 Å². The maximum Gasteiger partial charge on any atom is 0.220 e. The van der Waals surface area contributed by atoms with Gasteiger partial charge >= 0.3 is 0 Å². The van der Waals surface area contributed by atoms with Crippen molar-refractivity contribution < 1.29 is 4.79 Å². The topological polar surface area (TPSA) is 71.8 Å². The highest BCUT2D eigenvalue weighted by Gasteiger charge is 2.15. The summed E-state index contributed by atoms with van der Waals surface area (Å²) in [5, 5.41) is 14.2. The van der Waals surface area contributed by atoms with Crippen molar-refractivity contribution in [3.05, 3.63) is 12.2 Å². The lowest BCUT2D eigenvalue weighted by atomic mass is 9.93. The maximum absolute atomic E-state index is 11.9. The number of nitrogens with zero attached hydrogens (tertiary/aromatic N) is 3. The summed E-state index contributed by atoms with van der Waals surface area (Å²) in [7, 11) is 0. The minimum Gasteiger partial charge on any atom is -0.349 e. The molecular weight excluding hydrogens is 325 g/mol. The highest BCUT2D eigenvalue weighted by molar-refractivity contribution is 5.85. The fourth-order valence-electron chi connectivity index (χ4n) is 2.60. The van der Waals surface area contributed by atoms with Gasteiger partial charge in [0.2, 0.25) is 5.91 Å². The number of amides is 1. The molecule has 0 bridgehead atoms. The van der Waals surface area contributed by atoms with Crippen molar-refractivity contribution in [1.29, 1.82) is 0 Å². The number of rotatable bonds is 6. The number of nitrogens with one attached hydrogen (secondary N) is 2. The fraction of sp³-hybridized carbons (Fsp3) is 0.786. The van der Waals surface area contributed by atoms with Crippen LogP contribution in [-0.4, -0.2) is 33.8 Å². The van der Waals surface area contributed by atoms with E-state index in [1.807, 2.05) is 4.57 Å². The number of hydrogen-bond acceptors (Lipinski definition) is 4. The first-order chi connectivity index (χ1) is 9.66. The molecule has 0 spiro atoms. The zero-order valence-corrected chi connectivity index (χ0v) is 14.9. The second kappa shape index (κ2) is 10.8. The van der Waals surface area contributed by atoms with Crippen LogP contribution in [0.3, 0.4) is 0 Å². The first-order valence-electron chi connectivity index (χ1n) is 7.52. The quantitative estimate of drug-likeness (QED) is 0.823. The molecule has 22 heavy (non-hydrogen) atoms. The summed E-state index contributed by atoms with van der Waals surface area (Å²) < 4.78 is 1.98. The standard InChI is InChI=1S/C14H25N5O.2ClH/c1-11(2)19-10-17-18-13(19)9-16-14(20)4-3-12-5-7-15-8-6-12;;/h10-12,15H,3-9H2,1-2H3,(H,16,20);2*1H. The van der Waals surface area contributed by atoms with Gasteiger partial charge in [0.15, 0.2) is 5.82 Å². The minimum absolute atomic E-state index is 0. The molecule has 0 aromatic carbocycles. The highest BCUT2D eigenvalue weighted by atomic mass is 35.5. The maximum atomic E-state index is 11.9. The van der Waals surface area contributed by atoms with Gasteiger partial charge in [-0.05, 0) is 52.1 Å². The van der Waals surface area contributed by atoms with E-state index in [9.17, 15) is 4.79 Å². The van der Waals surface area contributed by atoms with Gasteiger partial charge < -0.3 is 15.2 Å². The lowest BCUT2D eigenvalue weighted by molar-refractivity contribution is -0.121. The molecule has 1 aliphatic heterocycles. The second-order valence-corrected chi connectivity index (χ2v) is 5.76. The van der Waals surface area contributed by atoms with E-state index in [1.54, 1.807) is 6.33 Å². The van der Waals surface area contributed by atoms with Crippen molar-refractivity contribution >= 4 is 30.7 Å². The Bertz CT molecular complexity index is 433. The number of piperidine rings is 1. The molecule has 0 unspecified atom stereocenters. The molecular formula is C14H27Cl2N5O. The van der Waals surface area contributed by atoms with E-state index >= 15 is 0 Å². The van der Waals surface area contributed by atoms with E-state index in [0.29, 0.717) is 24.9 Å². The van der Waals surface area contributed by atoms with Crippen LogP contribution in [0.25, 0.3) is 0 Å². The number of aromatic nitrogens is 3. The minimum atomic E-state index is 0. The van der Waals surface area contributed by atoms with Gasteiger partial charge in [-0.25, -0.2) is 0 Å². The predicted octanol–water partition coefficient (Wildman–Crippen LogP) is 2.10. The van der Waals surface area contributed by atoms with Crippen LogP contribution in [0, 0.1) is 5.92 Å². The van der Waals surface area contributed by atoms with Gasteiger partial charge in [0.25, 0.3) is 0 Å². The number of halogens is 2. The third-order valence-corrected chi connectivity index (χ3v) is 3.89. The summed E-state index contributed by atoms with van der Waals surface area (Å²) in [6.07, 6.45) is 5.69. The number of carbonyl (C=O) groups excluding carboxylic acids is 1. The zero-order chi connectivity index (χ0) is 14.4. The van der Waals surface area contributed by atoms with Crippen LogP contribution in [0.15, 0.2) is 6.33 Å². The number of carbonyl (C=O) groups is 1. The molecule has 1 saturated heterocycles. The van der Waals surface area contributed by atoms with E-state index in [2.05, 4.69) is 34.7 Å². The van der Waals surface area contributed by atoms with Crippen molar-refractivity contribution in [1.82, 2.24) is 25.4 Å². The Labute approximate surface area is 144 Å². The van der Waals surface area contributed by atoms with Gasteiger partial charge in [-0.15, -0.1) is 35.0 Å². The summed E-state index contributed by atoms with van der Waals surface area (Å²) in [4.78, 5) is 11.9. The SMILES string of the molecule is CC(C)n1cnnc1CNC(=O)CCC1CCNCC1.Cl.Cl. The molecule has 128 valence electrons. The Hall–Kier alpha value is -0.850. The molecule has 2 rings (SSSR count). The van der Waals surface area contributed by atoms with Crippen molar-refractivity contribution in [2.75, 3.05) is 13.1 Å². The molecule has 0 aliphatic carbocycles. The Kier molecular flexibility index (Phi) is 10.4. The Morgan fingerprint density at radius 3 is 2.73 bits per heavy atom. The van der Waals surface area contributed by atoms with Crippen LogP contribution in [-0.2, 0) is 11.3 Å². The van der Waals surface area contributed by atoms with Crippen molar-refractivity contribution in [3.63, 3.8) is 0 Å². The zero-order valence-electron chi connectivity index (χ0n) is 13.2. The summed E-state index contributed by atoms with van der Waals surface area (Å²) in [5.41, 5.74) is 0. The average molecular weight is 352 g/mol. The van der Waals surface area contributed by atoms with Gasteiger partial charge in [0, 0.05) is 12.5 Å². The average Bonchev–Trinajstić information content (AvgIpc) is 2.92. The predicted molar refractivity (Wildman–Crippen MR) is 91.6 cm³/mol. The molecule has 1 aliphatic rings. The molecule has 1 aromatic rings. The van der Waals surface area contributed by atoms with E-state index in [-0.39, 0.29) is 30.7 Å². The first kappa shape index (κ1) is 21.1. The molecule has 1 aromatic heterocycles. The van der Waals surface area contributed by atoms with E-state index in [4.69, 9.17) is 0 Å². The Morgan fingerprint density at radius 2 is 2.09 bits per heavy atom. The monoisotopic (exact) mass is 351 g/mol. The van der Waals surface area contributed by atoms with Crippen LogP contribution in [0.4, 0.5) is 0 Å². The van der Waals surface area contributed by atoms with Crippen LogP contribution in [0.2, 0.25) is 0 Å². The largest absolute Gasteiger partial charge is 0.349 e. The lowest BCUT2D eigenvalue weighted by Crippen LogP contribution is -2.29. The van der Waals surface area contributed by atoms with Crippen molar-refractivity contribution in [2.45, 2.75) is 52.1 Å². The smallest absolute Gasteiger partial charge is 0.220 e. The molecule has 1 amide bonds. The van der Waals surface area contributed by atoms with Gasteiger partial charge in [0.1, 0.15) is 6.33 Å². The molecule has 8 heteroatoms. The molecule has 0 radical (unpaired) electrons. The first-order valence-corrected chi connectivity index (χ1v) is 7.52. The van der Waals surface area contributed by atoms with E-state index in [0.717, 1.165) is 25.3 Å². The molecule has 1 fully saturated rings. The normalized spacial score (nSPS) is 15.0. The van der Waals surface area contributed by atoms with Crippen LogP contribution in [0.1, 0.15) is 51.4 Å². The number of hydrogen-bond donors (Lipinski definition) is 2. The summed E-state index contributed by atoms with van der Waals surface area (Å²) >= 11 is 0. The van der Waals surface area contributed by atoms with Crippen LogP contribution >= 0.6 is 24.8 Å². The fourth-order valence-corrected chi connectivity index (χ4v) is 2.60. The van der Waals surface area contributed by atoms with Crippen LogP contribution < -0.4 is 10.6 Å². The van der Waals surface area contributed by atoms with Gasteiger partial charge in [-0.2, -0.15) is 0 Å². The Balaban J connectivity index is 0.00000220. The molecule has 6 nitrogen and oxygen atoms in total. The molecule has 0 saturated carbocycles. The second-order valence-electron chi connectivity index (χ2n) is 5.76. The highest BCUT2D eigenvalue weighted by Crippen LogP contribution is 2.17. The lowest BCUT2D eigenvalue weighted by Gasteiger charge is -2.22. The van der Waals surface area contributed by atoms with E-state index < -0.39 is 0 Å². The summed E-state index contributed by atoms with van der Waals surface area (Å²) in [6, 6.07) is 0.312.